The average molecular weight is 291 g/mol. The van der Waals surface area contributed by atoms with Crippen LogP contribution in [-0.4, -0.2) is 30.3 Å². The molecule has 0 unspecified atom stereocenters. The maximum Gasteiger partial charge on any atom is 0.224 e. The van der Waals surface area contributed by atoms with Gasteiger partial charge in [-0.05, 0) is 17.7 Å². The molecule has 0 saturated carbocycles. The highest BCUT2D eigenvalue weighted by Gasteiger charge is 2.11. The van der Waals surface area contributed by atoms with E-state index in [-0.39, 0.29) is 22.8 Å². The Morgan fingerprint density at radius 1 is 1.22 bits per heavy atom. The summed E-state index contributed by atoms with van der Waals surface area (Å²) in [5.74, 6) is -0.461. The Kier molecular flexibility index (Phi) is 4.16. The predicted molar refractivity (Wildman–Crippen MR) is 66.9 cm³/mol. The van der Waals surface area contributed by atoms with Crippen molar-refractivity contribution in [2.75, 3.05) is 20.3 Å². The van der Waals surface area contributed by atoms with E-state index in [9.17, 15) is 4.39 Å². The fourth-order valence-corrected chi connectivity index (χ4v) is 1.86. The average Bonchev–Trinajstić information content (AvgIpc) is 2.30. The Hall–Kier alpha value is -1.17. The third-order valence-electron chi connectivity index (χ3n) is 2.22. The molecule has 0 N–H and O–H groups in total. The first-order valence-corrected chi connectivity index (χ1v) is 5.81. The molecule has 18 heavy (non-hydrogen) atoms. The van der Waals surface area contributed by atoms with Crippen molar-refractivity contribution < 1.29 is 13.9 Å². The number of hydrogen-bond acceptors (Lipinski definition) is 4. The Balaban J connectivity index is 2.41. The first-order chi connectivity index (χ1) is 8.61. The van der Waals surface area contributed by atoms with E-state index in [0.29, 0.717) is 17.5 Å². The van der Waals surface area contributed by atoms with Crippen LogP contribution in [0.25, 0.3) is 10.9 Å². The zero-order chi connectivity index (χ0) is 13.1. The zero-order valence-electron chi connectivity index (χ0n) is 9.41. The van der Waals surface area contributed by atoms with E-state index < -0.39 is 5.82 Å². The van der Waals surface area contributed by atoms with Crippen LogP contribution in [0.2, 0.25) is 10.4 Å². The van der Waals surface area contributed by atoms with Crippen molar-refractivity contribution in [3.8, 4) is 5.75 Å². The Bertz CT molecular complexity index is 580. The summed E-state index contributed by atoms with van der Waals surface area (Å²) in [4.78, 5) is 7.67. The van der Waals surface area contributed by atoms with Gasteiger partial charge in [-0.25, -0.2) is 14.4 Å². The lowest BCUT2D eigenvalue weighted by Gasteiger charge is -2.08. The molecule has 0 aliphatic carbocycles. The van der Waals surface area contributed by atoms with Gasteiger partial charge in [0, 0.05) is 18.6 Å². The third kappa shape index (κ3) is 2.80. The highest BCUT2D eigenvalue weighted by molar-refractivity contribution is 6.35. The Morgan fingerprint density at radius 2 is 2.00 bits per heavy atom. The molecule has 96 valence electrons. The number of rotatable bonds is 4. The molecular weight excluding hydrogens is 282 g/mol. The molecule has 0 amide bonds. The van der Waals surface area contributed by atoms with Crippen molar-refractivity contribution in [2.24, 2.45) is 0 Å². The first kappa shape index (κ1) is 13.3. The number of nitrogens with zero attached hydrogens (tertiary/aromatic N) is 2. The highest BCUT2D eigenvalue weighted by Crippen LogP contribution is 2.28. The first-order valence-electron chi connectivity index (χ1n) is 5.06. The third-order valence-corrected chi connectivity index (χ3v) is 2.68. The molecule has 1 heterocycles. The van der Waals surface area contributed by atoms with Crippen LogP contribution >= 0.6 is 23.2 Å². The van der Waals surface area contributed by atoms with E-state index in [2.05, 4.69) is 9.97 Å². The molecule has 0 bridgehead atoms. The van der Waals surface area contributed by atoms with Crippen molar-refractivity contribution in [1.82, 2.24) is 9.97 Å². The van der Waals surface area contributed by atoms with Crippen LogP contribution in [0.4, 0.5) is 4.39 Å². The van der Waals surface area contributed by atoms with Gasteiger partial charge in [0.2, 0.25) is 5.28 Å². The van der Waals surface area contributed by atoms with Crippen LogP contribution < -0.4 is 4.74 Å². The molecule has 0 radical (unpaired) electrons. The maximum absolute atomic E-state index is 13.7. The molecule has 0 fully saturated rings. The summed E-state index contributed by atoms with van der Waals surface area (Å²) in [6, 6.07) is 2.65. The van der Waals surface area contributed by atoms with E-state index >= 15 is 0 Å². The van der Waals surface area contributed by atoms with Crippen molar-refractivity contribution >= 4 is 34.1 Å². The minimum Gasteiger partial charge on any atom is -0.488 e. The fraction of sp³-hybridized carbons (Fsp3) is 0.273. The second-order valence-electron chi connectivity index (χ2n) is 3.42. The summed E-state index contributed by atoms with van der Waals surface area (Å²) < 4.78 is 23.7. The SMILES string of the molecule is COCCOc1cc2c(Cl)nc(Cl)nc2cc1F. The Labute approximate surface area is 113 Å². The molecule has 2 aromatic rings. The predicted octanol–water partition coefficient (Wildman–Crippen LogP) is 3.10. The van der Waals surface area contributed by atoms with Gasteiger partial charge in [-0.3, -0.25) is 0 Å². The Morgan fingerprint density at radius 3 is 2.72 bits per heavy atom. The van der Waals surface area contributed by atoms with Gasteiger partial charge in [0.1, 0.15) is 11.8 Å². The molecule has 0 atom stereocenters. The molecule has 2 rings (SSSR count). The number of ether oxygens (including phenoxy) is 2. The molecule has 1 aromatic carbocycles. The van der Waals surface area contributed by atoms with Gasteiger partial charge in [0.25, 0.3) is 0 Å². The lowest BCUT2D eigenvalue weighted by molar-refractivity contribution is 0.144. The second kappa shape index (κ2) is 5.65. The van der Waals surface area contributed by atoms with E-state index in [4.69, 9.17) is 32.7 Å². The van der Waals surface area contributed by atoms with E-state index in [0.717, 1.165) is 0 Å². The number of methoxy groups -OCH3 is 1. The van der Waals surface area contributed by atoms with Gasteiger partial charge >= 0.3 is 0 Å². The molecular formula is C11H9Cl2FN2O2. The summed E-state index contributed by atoms with van der Waals surface area (Å²) in [6.45, 7) is 0.604. The fourth-order valence-electron chi connectivity index (χ4n) is 1.41. The summed E-state index contributed by atoms with van der Waals surface area (Å²) in [5.41, 5.74) is 0.330. The van der Waals surface area contributed by atoms with Gasteiger partial charge < -0.3 is 9.47 Å². The standard InChI is InChI=1S/C11H9Cl2FN2O2/c1-17-2-3-18-9-4-6-8(5-7(9)14)15-11(13)16-10(6)12/h4-5H,2-3H2,1H3. The van der Waals surface area contributed by atoms with E-state index in [1.54, 1.807) is 0 Å². The van der Waals surface area contributed by atoms with E-state index in [1.165, 1.54) is 19.2 Å². The zero-order valence-corrected chi connectivity index (χ0v) is 10.9. The lowest BCUT2D eigenvalue weighted by atomic mass is 10.2. The summed E-state index contributed by atoms with van der Waals surface area (Å²) in [7, 11) is 1.53. The van der Waals surface area contributed by atoms with Crippen LogP contribution in [0.3, 0.4) is 0 Å². The van der Waals surface area contributed by atoms with Gasteiger partial charge in [-0.2, -0.15) is 0 Å². The second-order valence-corrected chi connectivity index (χ2v) is 4.12. The van der Waals surface area contributed by atoms with Crippen molar-refractivity contribution in [2.45, 2.75) is 0 Å². The number of aromatic nitrogens is 2. The number of fused-ring (bicyclic) bond motifs is 1. The topological polar surface area (TPSA) is 44.2 Å². The monoisotopic (exact) mass is 290 g/mol. The lowest BCUT2D eigenvalue weighted by Crippen LogP contribution is -2.05. The molecule has 4 nitrogen and oxygen atoms in total. The smallest absolute Gasteiger partial charge is 0.224 e. The van der Waals surface area contributed by atoms with Gasteiger partial charge in [0.05, 0.1) is 12.1 Å². The number of benzene rings is 1. The minimum atomic E-state index is -0.538. The minimum absolute atomic E-state index is 0.0278. The molecule has 0 spiro atoms. The molecule has 0 saturated heterocycles. The van der Waals surface area contributed by atoms with Crippen LogP contribution in [0.5, 0.6) is 5.75 Å². The molecule has 1 aromatic heterocycles. The largest absolute Gasteiger partial charge is 0.488 e. The normalized spacial score (nSPS) is 10.9. The van der Waals surface area contributed by atoms with Crippen LogP contribution in [0.1, 0.15) is 0 Å². The summed E-state index contributed by atoms with van der Waals surface area (Å²) >= 11 is 11.6. The molecule has 0 aliphatic rings. The maximum atomic E-state index is 13.7. The van der Waals surface area contributed by atoms with Crippen molar-refractivity contribution in [3.05, 3.63) is 28.4 Å². The summed E-state index contributed by atoms with van der Waals surface area (Å²) in [5, 5.41) is 0.608. The number of halogens is 3. The molecule has 0 aliphatic heterocycles. The molecule has 7 heteroatoms. The number of hydrogen-bond donors (Lipinski definition) is 0. The summed E-state index contributed by atoms with van der Waals surface area (Å²) in [6.07, 6.45) is 0. The van der Waals surface area contributed by atoms with Crippen LogP contribution in [0.15, 0.2) is 12.1 Å². The van der Waals surface area contributed by atoms with Gasteiger partial charge in [-0.15, -0.1) is 0 Å². The quantitative estimate of drug-likeness (QED) is 0.493. The van der Waals surface area contributed by atoms with E-state index in [1.807, 2.05) is 0 Å². The van der Waals surface area contributed by atoms with Crippen LogP contribution in [-0.2, 0) is 4.74 Å². The van der Waals surface area contributed by atoms with Gasteiger partial charge in [0.15, 0.2) is 11.6 Å². The van der Waals surface area contributed by atoms with Crippen LogP contribution in [0, 0.1) is 5.82 Å². The van der Waals surface area contributed by atoms with Gasteiger partial charge in [-0.1, -0.05) is 11.6 Å². The van der Waals surface area contributed by atoms with Crippen molar-refractivity contribution in [3.63, 3.8) is 0 Å². The highest BCUT2D eigenvalue weighted by atomic mass is 35.5. The van der Waals surface area contributed by atoms with Crippen molar-refractivity contribution in [1.29, 1.82) is 0 Å².